The van der Waals surface area contributed by atoms with E-state index in [1.807, 2.05) is 6.07 Å². The average molecular weight is 449 g/mol. The number of carbonyl (C=O) groups excluding carboxylic acids is 1. The highest BCUT2D eigenvalue weighted by atomic mass is 19.2. The molecule has 1 fully saturated rings. The van der Waals surface area contributed by atoms with Crippen LogP contribution in [0.25, 0.3) is 0 Å². The van der Waals surface area contributed by atoms with E-state index in [1.165, 1.54) is 0 Å². The lowest BCUT2D eigenvalue weighted by atomic mass is 10.1. The molecular weight excluding hydrogens is 418 g/mol. The Morgan fingerprint density at radius 2 is 1.88 bits per heavy atom. The first kappa shape index (κ1) is 23.7. The Bertz CT molecular complexity index is 920. The summed E-state index contributed by atoms with van der Waals surface area (Å²) in [7, 11) is 2.11. The van der Waals surface area contributed by atoms with Gasteiger partial charge in [-0.3, -0.25) is 5.32 Å². The maximum absolute atomic E-state index is 13.5. The highest BCUT2D eigenvalue weighted by Gasteiger charge is 2.15. The zero-order valence-electron chi connectivity index (χ0n) is 18.4. The molecule has 1 amide bonds. The molecule has 174 valence electrons. The van der Waals surface area contributed by atoms with Crippen molar-refractivity contribution in [1.82, 2.24) is 9.80 Å². The Hall–Kier alpha value is -2.91. The fraction of sp³-hybridized carbons (Fsp3) is 0.435. The Balaban J connectivity index is 1.46. The van der Waals surface area contributed by atoms with Crippen LogP contribution in [-0.2, 0) is 4.74 Å². The van der Waals surface area contributed by atoms with Gasteiger partial charge in [0.25, 0.3) is 0 Å². The molecule has 0 bridgehead atoms. The number of ether oxygens (including phenoxy) is 1. The number of hydrogen-bond acceptors (Lipinski definition) is 6. The highest BCUT2D eigenvalue weighted by molar-refractivity contribution is 5.84. The third kappa shape index (κ3) is 6.80. The standard InChI is InChI=1S/C23H30F2N4O3/c1-16(26-21-14-19(24)20(25)15-22(21)30)17-5-3-6-18(13-17)27-23(31)32-12-4-7-29-10-8-28(2)9-11-29/h3,5-6,13-16,26,30H,4,7-12H2,1-2H3,(H,27,31). The van der Waals surface area contributed by atoms with E-state index in [1.54, 1.807) is 25.1 Å². The van der Waals surface area contributed by atoms with Crippen molar-refractivity contribution in [3.05, 3.63) is 53.6 Å². The molecule has 0 aliphatic carbocycles. The van der Waals surface area contributed by atoms with Crippen molar-refractivity contribution in [2.75, 3.05) is 57.0 Å². The van der Waals surface area contributed by atoms with Crippen molar-refractivity contribution >= 4 is 17.5 Å². The smallest absolute Gasteiger partial charge is 0.411 e. The minimum atomic E-state index is -1.12. The third-order valence-electron chi connectivity index (χ3n) is 5.49. The number of amides is 1. The summed E-state index contributed by atoms with van der Waals surface area (Å²) in [5.74, 6) is -2.55. The summed E-state index contributed by atoms with van der Waals surface area (Å²) in [5, 5.41) is 15.5. The Morgan fingerprint density at radius 3 is 2.62 bits per heavy atom. The number of nitrogens with zero attached hydrogens (tertiary/aromatic N) is 2. The second-order valence-electron chi connectivity index (χ2n) is 8.03. The molecule has 1 unspecified atom stereocenters. The SMILES string of the molecule is CC(Nc1cc(F)c(F)cc1O)c1cccc(NC(=O)OCCCN2CCN(C)CC2)c1. The number of aromatic hydroxyl groups is 1. The van der Waals surface area contributed by atoms with Crippen molar-refractivity contribution in [3.8, 4) is 5.75 Å². The summed E-state index contributed by atoms with van der Waals surface area (Å²) < 4.78 is 32.0. The van der Waals surface area contributed by atoms with Crippen LogP contribution in [0.15, 0.2) is 36.4 Å². The van der Waals surface area contributed by atoms with E-state index in [2.05, 4.69) is 27.5 Å². The van der Waals surface area contributed by atoms with E-state index in [4.69, 9.17) is 4.74 Å². The van der Waals surface area contributed by atoms with Gasteiger partial charge in [0, 0.05) is 56.6 Å². The van der Waals surface area contributed by atoms with Crippen molar-refractivity contribution in [2.45, 2.75) is 19.4 Å². The molecule has 0 radical (unpaired) electrons. The van der Waals surface area contributed by atoms with Gasteiger partial charge >= 0.3 is 6.09 Å². The minimum absolute atomic E-state index is 0.0783. The van der Waals surface area contributed by atoms with Crippen molar-refractivity contribution < 1.29 is 23.4 Å². The number of phenolic OH excluding ortho intramolecular Hbond substituents is 1. The van der Waals surface area contributed by atoms with E-state index < -0.39 is 17.7 Å². The monoisotopic (exact) mass is 448 g/mol. The first-order valence-electron chi connectivity index (χ1n) is 10.7. The zero-order valence-corrected chi connectivity index (χ0v) is 18.4. The first-order chi connectivity index (χ1) is 15.3. The lowest BCUT2D eigenvalue weighted by Crippen LogP contribution is -2.44. The summed E-state index contributed by atoms with van der Waals surface area (Å²) in [6, 6.07) is 8.36. The normalized spacial score (nSPS) is 15.9. The van der Waals surface area contributed by atoms with Crippen LogP contribution in [0, 0.1) is 11.6 Å². The highest BCUT2D eigenvalue weighted by Crippen LogP contribution is 2.30. The Morgan fingerprint density at radius 1 is 1.16 bits per heavy atom. The molecule has 1 heterocycles. The first-order valence-corrected chi connectivity index (χ1v) is 10.7. The van der Waals surface area contributed by atoms with E-state index in [-0.39, 0.29) is 17.5 Å². The minimum Gasteiger partial charge on any atom is -0.506 e. The number of likely N-dealkylation sites (N-methyl/N-ethyl adjacent to an activating group) is 1. The fourth-order valence-corrected chi connectivity index (χ4v) is 3.53. The number of hydrogen-bond donors (Lipinski definition) is 3. The number of halogens is 2. The molecule has 1 aliphatic heterocycles. The summed E-state index contributed by atoms with van der Waals surface area (Å²) in [5.41, 5.74) is 1.41. The second-order valence-corrected chi connectivity index (χ2v) is 8.03. The fourth-order valence-electron chi connectivity index (χ4n) is 3.53. The van der Waals surface area contributed by atoms with Crippen LogP contribution in [-0.4, -0.2) is 67.4 Å². The third-order valence-corrected chi connectivity index (χ3v) is 5.49. The maximum atomic E-state index is 13.5. The molecule has 3 N–H and O–H groups in total. The summed E-state index contributed by atoms with van der Waals surface area (Å²) >= 11 is 0. The quantitative estimate of drug-likeness (QED) is 0.418. The van der Waals surface area contributed by atoms with E-state index in [0.717, 1.165) is 56.8 Å². The lowest BCUT2D eigenvalue weighted by Gasteiger charge is -2.32. The van der Waals surface area contributed by atoms with Crippen LogP contribution < -0.4 is 10.6 Å². The number of piperazine rings is 1. The predicted octanol–water partition coefficient (Wildman–Crippen LogP) is 4.03. The molecule has 0 spiro atoms. The Labute approximate surface area is 187 Å². The molecule has 1 atom stereocenters. The summed E-state index contributed by atoms with van der Waals surface area (Å²) in [6.07, 6.45) is 0.245. The number of benzene rings is 2. The average Bonchev–Trinajstić information content (AvgIpc) is 2.76. The molecule has 2 aromatic rings. The molecule has 0 aromatic heterocycles. The van der Waals surface area contributed by atoms with Crippen molar-refractivity contribution in [2.24, 2.45) is 0 Å². The van der Waals surface area contributed by atoms with Gasteiger partial charge in [-0.2, -0.15) is 0 Å². The molecular formula is C23H30F2N4O3. The predicted molar refractivity (Wildman–Crippen MR) is 120 cm³/mol. The largest absolute Gasteiger partial charge is 0.506 e. The van der Waals surface area contributed by atoms with Crippen LogP contribution in [0.3, 0.4) is 0 Å². The van der Waals surface area contributed by atoms with Gasteiger partial charge in [-0.15, -0.1) is 0 Å². The van der Waals surface area contributed by atoms with Gasteiger partial charge < -0.3 is 25.0 Å². The summed E-state index contributed by atoms with van der Waals surface area (Å²) in [4.78, 5) is 16.8. The molecule has 3 rings (SSSR count). The molecule has 9 heteroatoms. The van der Waals surface area contributed by atoms with E-state index in [9.17, 15) is 18.7 Å². The molecule has 1 aliphatic rings. The molecule has 0 saturated carbocycles. The van der Waals surface area contributed by atoms with Gasteiger partial charge in [0.1, 0.15) is 5.75 Å². The zero-order chi connectivity index (χ0) is 23.1. The van der Waals surface area contributed by atoms with Crippen LogP contribution in [0.4, 0.5) is 25.0 Å². The molecule has 1 saturated heterocycles. The number of rotatable bonds is 8. The number of carbonyl (C=O) groups is 1. The van der Waals surface area contributed by atoms with Crippen LogP contribution in [0.5, 0.6) is 5.75 Å². The number of nitrogens with one attached hydrogen (secondary N) is 2. The van der Waals surface area contributed by atoms with Crippen LogP contribution in [0.1, 0.15) is 24.9 Å². The van der Waals surface area contributed by atoms with E-state index in [0.29, 0.717) is 12.3 Å². The number of anilines is 2. The van der Waals surface area contributed by atoms with Gasteiger partial charge in [-0.05, 0) is 38.1 Å². The van der Waals surface area contributed by atoms with Crippen molar-refractivity contribution in [1.29, 1.82) is 0 Å². The van der Waals surface area contributed by atoms with Gasteiger partial charge in [-0.25, -0.2) is 13.6 Å². The van der Waals surface area contributed by atoms with Crippen LogP contribution in [0.2, 0.25) is 0 Å². The lowest BCUT2D eigenvalue weighted by molar-refractivity contribution is 0.130. The molecule has 32 heavy (non-hydrogen) atoms. The van der Waals surface area contributed by atoms with Gasteiger partial charge in [0.05, 0.1) is 12.3 Å². The van der Waals surface area contributed by atoms with Crippen LogP contribution >= 0.6 is 0 Å². The Kier molecular flexibility index (Phi) is 8.24. The van der Waals surface area contributed by atoms with Gasteiger partial charge in [0.2, 0.25) is 0 Å². The number of phenols is 1. The molecule has 7 nitrogen and oxygen atoms in total. The molecule has 2 aromatic carbocycles. The van der Waals surface area contributed by atoms with E-state index >= 15 is 0 Å². The van der Waals surface area contributed by atoms with Gasteiger partial charge in [-0.1, -0.05) is 12.1 Å². The van der Waals surface area contributed by atoms with Crippen molar-refractivity contribution in [3.63, 3.8) is 0 Å². The topological polar surface area (TPSA) is 77.1 Å². The maximum Gasteiger partial charge on any atom is 0.411 e. The summed E-state index contributed by atoms with van der Waals surface area (Å²) in [6.45, 7) is 7.22. The van der Waals surface area contributed by atoms with Gasteiger partial charge in [0.15, 0.2) is 11.6 Å². The second kappa shape index (κ2) is 11.1.